The summed E-state index contributed by atoms with van der Waals surface area (Å²) in [6.07, 6.45) is 1.52. The summed E-state index contributed by atoms with van der Waals surface area (Å²) in [6.45, 7) is 1.19. The van der Waals surface area contributed by atoms with Crippen LogP contribution in [0.2, 0.25) is 5.02 Å². The normalized spacial score (nSPS) is 19.7. The molecular weight excluding hydrogens is 226 g/mol. The molecule has 3 nitrogen and oxygen atoms in total. The molecule has 1 heterocycles. The number of nitrogens with one attached hydrogen (secondary N) is 1. The lowest BCUT2D eigenvalue weighted by Gasteiger charge is -2.10. The fraction of sp³-hybridized carbons (Fsp3) is 0.417. The van der Waals surface area contributed by atoms with Crippen molar-refractivity contribution in [1.82, 2.24) is 5.32 Å². The van der Waals surface area contributed by atoms with Crippen molar-refractivity contribution in [2.24, 2.45) is 0 Å². The maximum absolute atomic E-state index is 11.6. The molecule has 2 rings (SSSR count). The third kappa shape index (κ3) is 2.97. The zero-order valence-corrected chi connectivity index (χ0v) is 9.67. The molecule has 16 heavy (non-hydrogen) atoms. The van der Waals surface area contributed by atoms with Gasteiger partial charge >= 0.3 is 0 Å². The van der Waals surface area contributed by atoms with Crippen LogP contribution in [0, 0.1) is 0 Å². The van der Waals surface area contributed by atoms with Crippen molar-refractivity contribution in [2.75, 3.05) is 6.61 Å². The standard InChI is InChI=1S/C12H14ClNO2/c13-10-4-1-3-9(7-10)8-14-12(15)11-5-2-6-16-11/h1,3-4,7,11H,2,5-6,8H2,(H,14,15)/t11-/m0/s1. The van der Waals surface area contributed by atoms with Crippen LogP contribution >= 0.6 is 11.6 Å². The molecule has 1 atom stereocenters. The Hall–Kier alpha value is -1.06. The Labute approximate surface area is 99.7 Å². The topological polar surface area (TPSA) is 38.3 Å². The van der Waals surface area contributed by atoms with E-state index in [1.807, 2.05) is 24.3 Å². The Morgan fingerprint density at radius 3 is 3.12 bits per heavy atom. The summed E-state index contributed by atoms with van der Waals surface area (Å²) in [4.78, 5) is 11.6. The molecule has 0 unspecified atom stereocenters. The van der Waals surface area contributed by atoms with Gasteiger partial charge in [0.1, 0.15) is 6.10 Å². The molecule has 0 radical (unpaired) electrons. The highest BCUT2D eigenvalue weighted by Crippen LogP contribution is 2.13. The average Bonchev–Trinajstić information content (AvgIpc) is 2.79. The second-order valence-corrected chi connectivity index (χ2v) is 4.29. The van der Waals surface area contributed by atoms with E-state index in [1.54, 1.807) is 0 Å². The number of amides is 1. The number of rotatable bonds is 3. The molecule has 1 N–H and O–H groups in total. The number of hydrogen-bond acceptors (Lipinski definition) is 2. The van der Waals surface area contributed by atoms with Crippen molar-refractivity contribution in [3.8, 4) is 0 Å². The van der Waals surface area contributed by atoms with Crippen molar-refractivity contribution >= 4 is 17.5 Å². The lowest BCUT2D eigenvalue weighted by atomic mass is 10.2. The van der Waals surface area contributed by atoms with E-state index >= 15 is 0 Å². The highest BCUT2D eigenvalue weighted by atomic mass is 35.5. The number of halogens is 1. The van der Waals surface area contributed by atoms with Gasteiger partial charge in [-0.1, -0.05) is 23.7 Å². The summed E-state index contributed by atoms with van der Waals surface area (Å²) in [7, 11) is 0. The van der Waals surface area contributed by atoms with Crippen molar-refractivity contribution < 1.29 is 9.53 Å². The molecule has 0 saturated carbocycles. The first kappa shape index (κ1) is 11.4. The van der Waals surface area contributed by atoms with E-state index in [9.17, 15) is 4.79 Å². The Morgan fingerprint density at radius 2 is 2.44 bits per heavy atom. The van der Waals surface area contributed by atoms with Crippen LogP contribution in [0.1, 0.15) is 18.4 Å². The molecule has 0 aromatic heterocycles. The highest BCUT2D eigenvalue weighted by molar-refractivity contribution is 6.30. The Kier molecular flexibility index (Phi) is 3.80. The summed E-state index contributed by atoms with van der Waals surface area (Å²) in [5, 5.41) is 3.53. The summed E-state index contributed by atoms with van der Waals surface area (Å²) >= 11 is 5.85. The summed E-state index contributed by atoms with van der Waals surface area (Å²) < 4.78 is 5.29. The van der Waals surface area contributed by atoms with Crippen LogP contribution in [0.15, 0.2) is 24.3 Å². The van der Waals surface area contributed by atoms with E-state index < -0.39 is 0 Å². The molecule has 1 aliphatic heterocycles. The fourth-order valence-electron chi connectivity index (χ4n) is 1.73. The summed E-state index contributed by atoms with van der Waals surface area (Å²) in [5.41, 5.74) is 0.999. The van der Waals surface area contributed by atoms with Gasteiger partial charge in [0.15, 0.2) is 0 Å². The number of ether oxygens (including phenoxy) is 1. The molecule has 1 aromatic rings. The van der Waals surface area contributed by atoms with Gasteiger partial charge in [0, 0.05) is 18.2 Å². The predicted octanol–water partition coefficient (Wildman–Crippen LogP) is 2.14. The van der Waals surface area contributed by atoms with Crippen LogP contribution in [0.3, 0.4) is 0 Å². The highest BCUT2D eigenvalue weighted by Gasteiger charge is 2.22. The van der Waals surface area contributed by atoms with Gasteiger partial charge in [-0.3, -0.25) is 4.79 Å². The minimum absolute atomic E-state index is 0.0301. The summed E-state index contributed by atoms with van der Waals surface area (Å²) in [6, 6.07) is 7.46. The summed E-state index contributed by atoms with van der Waals surface area (Å²) in [5.74, 6) is -0.0301. The predicted molar refractivity (Wildman–Crippen MR) is 62.3 cm³/mol. The smallest absolute Gasteiger partial charge is 0.249 e. The fourth-order valence-corrected chi connectivity index (χ4v) is 1.95. The molecule has 1 aliphatic rings. The van der Waals surface area contributed by atoms with Gasteiger partial charge in [0.05, 0.1) is 0 Å². The molecule has 1 saturated heterocycles. The largest absolute Gasteiger partial charge is 0.368 e. The van der Waals surface area contributed by atoms with Gasteiger partial charge in [-0.05, 0) is 30.5 Å². The quantitative estimate of drug-likeness (QED) is 0.878. The van der Waals surface area contributed by atoms with E-state index in [2.05, 4.69) is 5.32 Å². The van der Waals surface area contributed by atoms with E-state index in [0.717, 1.165) is 18.4 Å². The van der Waals surface area contributed by atoms with Gasteiger partial charge < -0.3 is 10.1 Å². The Balaban J connectivity index is 1.84. The zero-order chi connectivity index (χ0) is 11.4. The number of carbonyl (C=O) groups excluding carboxylic acids is 1. The van der Waals surface area contributed by atoms with Crippen LogP contribution in [0.5, 0.6) is 0 Å². The van der Waals surface area contributed by atoms with Gasteiger partial charge in [-0.15, -0.1) is 0 Å². The molecule has 1 aromatic carbocycles. The van der Waals surface area contributed by atoms with E-state index in [-0.39, 0.29) is 12.0 Å². The molecular formula is C12H14ClNO2. The number of benzene rings is 1. The number of hydrogen-bond donors (Lipinski definition) is 1. The monoisotopic (exact) mass is 239 g/mol. The van der Waals surface area contributed by atoms with Crippen LogP contribution in [0.4, 0.5) is 0 Å². The Bertz CT molecular complexity index is 375. The third-order valence-corrected chi connectivity index (χ3v) is 2.81. The van der Waals surface area contributed by atoms with Crippen molar-refractivity contribution in [3.63, 3.8) is 0 Å². The van der Waals surface area contributed by atoms with Crippen molar-refractivity contribution in [1.29, 1.82) is 0 Å². The van der Waals surface area contributed by atoms with Crippen LogP contribution in [0.25, 0.3) is 0 Å². The van der Waals surface area contributed by atoms with Crippen LogP contribution in [-0.2, 0) is 16.1 Å². The first-order valence-corrected chi connectivity index (χ1v) is 5.77. The van der Waals surface area contributed by atoms with Gasteiger partial charge in [-0.25, -0.2) is 0 Å². The first-order chi connectivity index (χ1) is 7.75. The van der Waals surface area contributed by atoms with Gasteiger partial charge in [0.2, 0.25) is 5.91 Å². The lowest BCUT2D eigenvalue weighted by Crippen LogP contribution is -2.33. The van der Waals surface area contributed by atoms with E-state index in [1.165, 1.54) is 0 Å². The Morgan fingerprint density at radius 1 is 1.56 bits per heavy atom. The van der Waals surface area contributed by atoms with E-state index in [0.29, 0.717) is 18.2 Å². The molecule has 0 spiro atoms. The molecule has 1 fully saturated rings. The lowest BCUT2D eigenvalue weighted by molar-refractivity contribution is -0.130. The molecule has 4 heteroatoms. The second kappa shape index (κ2) is 5.32. The minimum Gasteiger partial charge on any atom is -0.368 e. The van der Waals surface area contributed by atoms with E-state index in [4.69, 9.17) is 16.3 Å². The maximum Gasteiger partial charge on any atom is 0.249 e. The first-order valence-electron chi connectivity index (χ1n) is 5.39. The van der Waals surface area contributed by atoms with Crippen molar-refractivity contribution in [2.45, 2.75) is 25.5 Å². The third-order valence-electron chi connectivity index (χ3n) is 2.58. The molecule has 1 amide bonds. The molecule has 86 valence electrons. The number of carbonyl (C=O) groups is 1. The van der Waals surface area contributed by atoms with Crippen LogP contribution < -0.4 is 5.32 Å². The van der Waals surface area contributed by atoms with Gasteiger partial charge in [0.25, 0.3) is 0 Å². The van der Waals surface area contributed by atoms with Gasteiger partial charge in [-0.2, -0.15) is 0 Å². The average molecular weight is 240 g/mol. The minimum atomic E-state index is -0.265. The molecule has 0 bridgehead atoms. The van der Waals surface area contributed by atoms with Crippen LogP contribution in [-0.4, -0.2) is 18.6 Å². The maximum atomic E-state index is 11.6. The zero-order valence-electron chi connectivity index (χ0n) is 8.91. The SMILES string of the molecule is O=C(NCc1cccc(Cl)c1)[C@@H]1CCCO1. The second-order valence-electron chi connectivity index (χ2n) is 3.85. The van der Waals surface area contributed by atoms with Crippen molar-refractivity contribution in [3.05, 3.63) is 34.9 Å². The molecule has 0 aliphatic carbocycles.